The molecule has 0 spiro atoms. The van der Waals surface area contributed by atoms with E-state index < -0.39 is 6.10 Å². The van der Waals surface area contributed by atoms with Crippen LogP contribution in [0.4, 0.5) is 0 Å². The Hall–Kier alpha value is -0.570. The topological polar surface area (TPSA) is 32.3 Å². The van der Waals surface area contributed by atoms with Gasteiger partial charge in [-0.2, -0.15) is 0 Å². The molecule has 0 saturated heterocycles. The van der Waals surface area contributed by atoms with E-state index in [4.69, 9.17) is 0 Å². The molecule has 1 aromatic carbocycles. The molecular formula is C14H24ClNO. The van der Waals surface area contributed by atoms with E-state index in [1.807, 2.05) is 44.2 Å². The van der Waals surface area contributed by atoms with Crippen molar-refractivity contribution >= 4 is 12.4 Å². The van der Waals surface area contributed by atoms with Gasteiger partial charge in [-0.05, 0) is 40.2 Å². The average Bonchev–Trinajstić information content (AvgIpc) is 2.14. The van der Waals surface area contributed by atoms with Crippen LogP contribution in [-0.2, 0) is 0 Å². The fraction of sp³-hybridized carbons (Fsp3) is 0.571. The summed E-state index contributed by atoms with van der Waals surface area (Å²) in [4.78, 5) is 0. The van der Waals surface area contributed by atoms with Crippen LogP contribution in [0, 0.1) is 0 Å². The van der Waals surface area contributed by atoms with Gasteiger partial charge in [0.15, 0.2) is 0 Å². The molecule has 17 heavy (non-hydrogen) atoms. The summed E-state index contributed by atoms with van der Waals surface area (Å²) in [5.41, 5.74) is 0.586. The third-order valence-corrected chi connectivity index (χ3v) is 2.50. The van der Waals surface area contributed by atoms with Gasteiger partial charge in [0.1, 0.15) is 0 Å². The van der Waals surface area contributed by atoms with Crippen LogP contribution >= 0.6 is 12.4 Å². The number of hydrogen-bond acceptors (Lipinski definition) is 2. The highest BCUT2D eigenvalue weighted by atomic mass is 35.5. The van der Waals surface area contributed by atoms with Crippen LogP contribution in [0.3, 0.4) is 0 Å². The maximum Gasteiger partial charge on any atom is 0.0966 e. The lowest BCUT2D eigenvalue weighted by atomic mass is 9.88. The van der Waals surface area contributed by atoms with Gasteiger partial charge in [-0.1, -0.05) is 30.3 Å². The molecule has 98 valence electrons. The van der Waals surface area contributed by atoms with Gasteiger partial charge in [0.2, 0.25) is 0 Å². The summed E-state index contributed by atoms with van der Waals surface area (Å²) in [7, 11) is 0. The number of nitrogens with one attached hydrogen (secondary N) is 1. The fourth-order valence-electron chi connectivity index (χ4n) is 2.09. The van der Waals surface area contributed by atoms with Crippen molar-refractivity contribution in [2.75, 3.05) is 0 Å². The lowest BCUT2D eigenvalue weighted by molar-refractivity contribution is 0.0631. The third kappa shape index (κ3) is 5.07. The average molecular weight is 258 g/mol. The van der Waals surface area contributed by atoms with Crippen LogP contribution in [0.5, 0.6) is 0 Å². The molecule has 2 nitrogen and oxygen atoms in total. The van der Waals surface area contributed by atoms with Crippen molar-refractivity contribution in [3.8, 4) is 0 Å². The van der Waals surface area contributed by atoms with Crippen molar-refractivity contribution in [2.45, 2.75) is 51.8 Å². The summed E-state index contributed by atoms with van der Waals surface area (Å²) in [6.45, 7) is 10.4. The Morgan fingerprint density at radius 2 is 1.47 bits per heavy atom. The van der Waals surface area contributed by atoms with Crippen molar-refractivity contribution in [2.24, 2.45) is 0 Å². The van der Waals surface area contributed by atoms with Gasteiger partial charge in [-0.15, -0.1) is 12.4 Å². The summed E-state index contributed by atoms with van der Waals surface area (Å²) in [5, 5.41) is 13.8. The lowest BCUT2D eigenvalue weighted by Gasteiger charge is -2.38. The molecule has 0 aliphatic heterocycles. The number of halogens is 1. The zero-order chi connectivity index (χ0) is 12.4. The number of rotatable bonds is 3. The normalized spacial score (nSPS) is 14.0. The van der Waals surface area contributed by atoms with E-state index in [0.717, 1.165) is 5.56 Å². The predicted molar refractivity (Wildman–Crippen MR) is 75.6 cm³/mol. The Morgan fingerprint density at radius 1 is 1.00 bits per heavy atom. The highest BCUT2D eigenvalue weighted by Gasteiger charge is 2.32. The highest BCUT2D eigenvalue weighted by Crippen LogP contribution is 2.27. The van der Waals surface area contributed by atoms with E-state index in [9.17, 15) is 5.11 Å². The Labute approximate surface area is 111 Å². The van der Waals surface area contributed by atoms with Crippen molar-refractivity contribution in [3.05, 3.63) is 35.9 Å². The maximum absolute atomic E-state index is 10.3. The molecule has 0 aliphatic rings. The van der Waals surface area contributed by atoms with Crippen molar-refractivity contribution < 1.29 is 5.11 Å². The molecule has 0 radical (unpaired) electrons. The third-order valence-electron chi connectivity index (χ3n) is 2.50. The highest BCUT2D eigenvalue weighted by molar-refractivity contribution is 5.85. The van der Waals surface area contributed by atoms with Gasteiger partial charge < -0.3 is 10.4 Å². The summed E-state index contributed by atoms with van der Waals surface area (Å²) >= 11 is 0. The van der Waals surface area contributed by atoms with Gasteiger partial charge in [-0.3, -0.25) is 0 Å². The second kappa shape index (κ2) is 5.85. The number of aliphatic hydroxyl groups is 1. The minimum atomic E-state index is -0.507. The van der Waals surface area contributed by atoms with Crippen LogP contribution in [0.1, 0.15) is 46.3 Å². The van der Waals surface area contributed by atoms with E-state index in [2.05, 4.69) is 26.1 Å². The van der Waals surface area contributed by atoms with Gasteiger partial charge in [0, 0.05) is 11.1 Å². The van der Waals surface area contributed by atoms with Crippen LogP contribution < -0.4 is 5.32 Å². The largest absolute Gasteiger partial charge is 0.387 e. The second-order valence-corrected chi connectivity index (χ2v) is 5.91. The minimum Gasteiger partial charge on any atom is -0.387 e. The number of benzene rings is 1. The summed E-state index contributed by atoms with van der Waals surface area (Å²) in [6, 6.07) is 9.77. The van der Waals surface area contributed by atoms with Gasteiger partial charge in [0.25, 0.3) is 0 Å². The first-order valence-corrected chi connectivity index (χ1v) is 5.75. The molecule has 0 aromatic heterocycles. The Bertz CT molecular complexity index is 330. The molecule has 0 bridgehead atoms. The molecule has 1 unspecified atom stereocenters. The second-order valence-electron chi connectivity index (χ2n) is 5.91. The molecule has 0 fully saturated rings. The predicted octanol–water partition coefficient (Wildman–Crippen LogP) is 3.31. The standard InChI is InChI=1S/C14H23NO.ClH/c1-13(2,3)15-14(4,5)12(16)11-9-7-6-8-10-11;/h6-10,12,15-16H,1-5H3;1H. The molecule has 0 amide bonds. The zero-order valence-corrected chi connectivity index (χ0v) is 12.1. The molecule has 0 aliphatic carbocycles. The van der Waals surface area contributed by atoms with E-state index in [-0.39, 0.29) is 23.5 Å². The SMILES string of the molecule is CC(C)(C)NC(C)(C)C(O)c1ccccc1.Cl. The van der Waals surface area contributed by atoms with Crippen LogP contribution in [0.2, 0.25) is 0 Å². The van der Waals surface area contributed by atoms with Crippen LogP contribution in [-0.4, -0.2) is 16.2 Å². The van der Waals surface area contributed by atoms with Crippen molar-refractivity contribution in [1.82, 2.24) is 5.32 Å². The maximum atomic E-state index is 10.3. The Kier molecular flexibility index (Phi) is 5.66. The molecule has 1 atom stereocenters. The number of aliphatic hydroxyl groups excluding tert-OH is 1. The first-order chi connectivity index (χ1) is 7.22. The van der Waals surface area contributed by atoms with E-state index in [1.165, 1.54) is 0 Å². The molecule has 3 heteroatoms. The van der Waals surface area contributed by atoms with E-state index in [1.54, 1.807) is 0 Å². The molecule has 1 aromatic rings. The fourth-order valence-corrected chi connectivity index (χ4v) is 2.09. The monoisotopic (exact) mass is 257 g/mol. The molecule has 0 saturated carbocycles. The minimum absolute atomic E-state index is 0. The molecular weight excluding hydrogens is 234 g/mol. The number of hydrogen-bond donors (Lipinski definition) is 2. The molecule has 1 rings (SSSR count). The molecule has 0 heterocycles. The lowest BCUT2D eigenvalue weighted by Crippen LogP contribution is -2.53. The van der Waals surface area contributed by atoms with Gasteiger partial charge >= 0.3 is 0 Å². The first kappa shape index (κ1) is 16.4. The van der Waals surface area contributed by atoms with Crippen LogP contribution in [0.25, 0.3) is 0 Å². The summed E-state index contributed by atoms with van der Waals surface area (Å²) < 4.78 is 0. The summed E-state index contributed by atoms with van der Waals surface area (Å²) in [5.74, 6) is 0. The van der Waals surface area contributed by atoms with Gasteiger partial charge in [-0.25, -0.2) is 0 Å². The quantitative estimate of drug-likeness (QED) is 0.871. The first-order valence-electron chi connectivity index (χ1n) is 5.75. The molecule has 2 N–H and O–H groups in total. The Balaban J connectivity index is 0.00000256. The van der Waals surface area contributed by atoms with E-state index in [0.29, 0.717) is 0 Å². The van der Waals surface area contributed by atoms with E-state index >= 15 is 0 Å². The van der Waals surface area contributed by atoms with Gasteiger partial charge in [0.05, 0.1) is 6.10 Å². The summed E-state index contributed by atoms with van der Waals surface area (Å²) in [6.07, 6.45) is -0.507. The van der Waals surface area contributed by atoms with Crippen molar-refractivity contribution in [1.29, 1.82) is 0 Å². The Morgan fingerprint density at radius 3 is 1.88 bits per heavy atom. The van der Waals surface area contributed by atoms with Crippen LogP contribution in [0.15, 0.2) is 30.3 Å². The zero-order valence-electron chi connectivity index (χ0n) is 11.3. The smallest absolute Gasteiger partial charge is 0.0966 e. The van der Waals surface area contributed by atoms with Crippen molar-refractivity contribution in [3.63, 3.8) is 0 Å².